The maximum Gasteiger partial charge on any atom is 0.200 e. The number of aliphatic hydroxyl groups is 1. The molecule has 1 aliphatic carbocycles. The lowest BCUT2D eigenvalue weighted by Gasteiger charge is -2.40. The second-order valence-corrected chi connectivity index (χ2v) is 4.78. The zero-order valence-corrected chi connectivity index (χ0v) is 10.6. The van der Waals surface area contributed by atoms with E-state index in [9.17, 15) is 13.9 Å². The van der Waals surface area contributed by atoms with Crippen LogP contribution in [0.4, 0.5) is 8.78 Å². The second-order valence-electron chi connectivity index (χ2n) is 3.86. The third-order valence-electron chi connectivity index (χ3n) is 2.73. The molecule has 1 aliphatic rings. The first kappa shape index (κ1) is 12.7. The molecular formula is C11H11BrF2O3. The van der Waals surface area contributed by atoms with Crippen LogP contribution in [0.5, 0.6) is 5.75 Å². The van der Waals surface area contributed by atoms with Gasteiger partial charge in [0, 0.05) is 18.0 Å². The highest BCUT2D eigenvalue weighted by atomic mass is 79.9. The molecule has 0 spiro atoms. The smallest absolute Gasteiger partial charge is 0.200 e. The summed E-state index contributed by atoms with van der Waals surface area (Å²) in [5.74, 6) is -2.21. The fourth-order valence-electron chi connectivity index (χ4n) is 1.76. The number of halogens is 3. The zero-order valence-electron chi connectivity index (χ0n) is 8.99. The summed E-state index contributed by atoms with van der Waals surface area (Å²) in [6.07, 6.45) is -1.24. The van der Waals surface area contributed by atoms with Crippen LogP contribution in [0, 0.1) is 11.6 Å². The molecule has 1 saturated carbocycles. The van der Waals surface area contributed by atoms with Gasteiger partial charge in [0.25, 0.3) is 0 Å². The van der Waals surface area contributed by atoms with E-state index in [0.29, 0.717) is 10.9 Å². The fourth-order valence-corrected chi connectivity index (χ4v) is 2.17. The first-order valence-electron chi connectivity index (χ1n) is 5.05. The van der Waals surface area contributed by atoms with Gasteiger partial charge in [0.05, 0.1) is 6.10 Å². The molecule has 1 fully saturated rings. The Balaban J connectivity index is 2.14. The Labute approximate surface area is 105 Å². The van der Waals surface area contributed by atoms with Gasteiger partial charge in [-0.2, -0.15) is 4.39 Å². The summed E-state index contributed by atoms with van der Waals surface area (Å²) in [6.45, 7) is 0. The van der Waals surface area contributed by atoms with E-state index >= 15 is 0 Å². The van der Waals surface area contributed by atoms with E-state index in [4.69, 9.17) is 9.47 Å². The topological polar surface area (TPSA) is 38.7 Å². The van der Waals surface area contributed by atoms with Crippen LogP contribution in [0.25, 0.3) is 0 Å². The summed E-state index contributed by atoms with van der Waals surface area (Å²) in [7, 11) is 1.43. The molecule has 2 rings (SSSR count). The van der Waals surface area contributed by atoms with Crippen molar-refractivity contribution in [2.45, 2.75) is 24.7 Å². The van der Waals surface area contributed by atoms with Crippen molar-refractivity contribution in [1.82, 2.24) is 0 Å². The molecule has 0 aliphatic heterocycles. The summed E-state index contributed by atoms with van der Waals surface area (Å²) in [4.78, 5) is 0. The number of methoxy groups -OCH3 is 1. The standard InChI is InChI=1S/C11H11BrF2O3/c1-16-11-7(15)4-9(11)17-8-3-5(12)2-6(13)10(8)14/h2-3,7,9,11,15H,4H2,1H3. The highest BCUT2D eigenvalue weighted by Gasteiger charge is 2.42. The molecular weight excluding hydrogens is 298 g/mol. The average Bonchev–Trinajstić information content (AvgIpc) is 2.24. The third-order valence-corrected chi connectivity index (χ3v) is 3.19. The van der Waals surface area contributed by atoms with Crippen LogP contribution >= 0.6 is 15.9 Å². The summed E-state index contributed by atoms with van der Waals surface area (Å²) < 4.78 is 37.2. The number of aliphatic hydroxyl groups excluding tert-OH is 1. The number of ether oxygens (including phenoxy) is 2. The van der Waals surface area contributed by atoms with Gasteiger partial charge in [-0.25, -0.2) is 4.39 Å². The van der Waals surface area contributed by atoms with Crippen LogP contribution in [0.15, 0.2) is 16.6 Å². The van der Waals surface area contributed by atoms with Crippen LogP contribution < -0.4 is 4.74 Å². The summed E-state index contributed by atoms with van der Waals surface area (Å²) in [5, 5.41) is 9.35. The van der Waals surface area contributed by atoms with Gasteiger partial charge in [-0.05, 0) is 12.1 Å². The van der Waals surface area contributed by atoms with Gasteiger partial charge < -0.3 is 14.6 Å². The Hall–Kier alpha value is -0.720. The maximum absolute atomic E-state index is 13.4. The van der Waals surface area contributed by atoms with Crippen LogP contribution in [0.2, 0.25) is 0 Å². The van der Waals surface area contributed by atoms with Crippen LogP contribution in [-0.4, -0.2) is 30.5 Å². The van der Waals surface area contributed by atoms with E-state index in [1.165, 1.54) is 13.2 Å². The van der Waals surface area contributed by atoms with E-state index in [1.54, 1.807) is 0 Å². The highest BCUT2D eigenvalue weighted by Crippen LogP contribution is 2.32. The van der Waals surface area contributed by atoms with Crippen molar-refractivity contribution in [2.75, 3.05) is 7.11 Å². The van der Waals surface area contributed by atoms with Crippen molar-refractivity contribution >= 4 is 15.9 Å². The Kier molecular flexibility index (Phi) is 3.65. The SMILES string of the molecule is COC1C(O)CC1Oc1cc(Br)cc(F)c1F. The molecule has 1 aromatic rings. The number of benzene rings is 1. The Morgan fingerprint density at radius 3 is 2.71 bits per heavy atom. The van der Waals surface area contributed by atoms with Gasteiger partial charge in [0.1, 0.15) is 12.2 Å². The molecule has 6 heteroatoms. The lowest BCUT2D eigenvalue weighted by atomic mass is 9.88. The van der Waals surface area contributed by atoms with Gasteiger partial charge in [-0.15, -0.1) is 0 Å². The third kappa shape index (κ3) is 2.43. The number of hydrogen-bond acceptors (Lipinski definition) is 3. The van der Waals surface area contributed by atoms with Gasteiger partial charge in [-0.1, -0.05) is 15.9 Å². The van der Waals surface area contributed by atoms with Crippen molar-refractivity contribution in [3.8, 4) is 5.75 Å². The van der Waals surface area contributed by atoms with Gasteiger partial charge in [0.2, 0.25) is 5.82 Å². The molecule has 1 N–H and O–H groups in total. The first-order chi connectivity index (χ1) is 8.02. The maximum atomic E-state index is 13.4. The van der Waals surface area contributed by atoms with E-state index in [1.807, 2.05) is 0 Å². The Morgan fingerprint density at radius 1 is 1.41 bits per heavy atom. The van der Waals surface area contributed by atoms with Gasteiger partial charge >= 0.3 is 0 Å². The molecule has 0 heterocycles. The van der Waals surface area contributed by atoms with Crippen LogP contribution in [0.3, 0.4) is 0 Å². The Bertz CT molecular complexity index is 427. The molecule has 0 bridgehead atoms. The predicted octanol–water partition coefficient (Wildman–Crippen LogP) is 2.25. The van der Waals surface area contributed by atoms with Crippen LogP contribution in [0.1, 0.15) is 6.42 Å². The first-order valence-corrected chi connectivity index (χ1v) is 5.84. The minimum absolute atomic E-state index is 0.184. The normalized spacial score (nSPS) is 27.7. The molecule has 3 nitrogen and oxygen atoms in total. The van der Waals surface area contributed by atoms with E-state index in [-0.39, 0.29) is 5.75 Å². The Morgan fingerprint density at radius 2 is 2.12 bits per heavy atom. The minimum atomic E-state index is -1.04. The van der Waals surface area contributed by atoms with Crippen molar-refractivity contribution in [2.24, 2.45) is 0 Å². The molecule has 17 heavy (non-hydrogen) atoms. The average molecular weight is 309 g/mol. The summed E-state index contributed by atoms with van der Waals surface area (Å²) in [6, 6.07) is 2.36. The number of rotatable bonds is 3. The lowest BCUT2D eigenvalue weighted by Crippen LogP contribution is -2.54. The quantitative estimate of drug-likeness (QED) is 0.871. The molecule has 3 unspecified atom stereocenters. The minimum Gasteiger partial charge on any atom is -0.484 e. The monoisotopic (exact) mass is 308 g/mol. The van der Waals surface area contributed by atoms with Crippen molar-refractivity contribution in [3.05, 3.63) is 28.2 Å². The fraction of sp³-hybridized carbons (Fsp3) is 0.455. The van der Waals surface area contributed by atoms with Crippen molar-refractivity contribution in [3.63, 3.8) is 0 Å². The highest BCUT2D eigenvalue weighted by molar-refractivity contribution is 9.10. The predicted molar refractivity (Wildman–Crippen MR) is 59.9 cm³/mol. The summed E-state index contributed by atoms with van der Waals surface area (Å²) in [5.41, 5.74) is 0. The molecule has 1 aromatic carbocycles. The number of hydrogen-bond donors (Lipinski definition) is 1. The van der Waals surface area contributed by atoms with Crippen molar-refractivity contribution in [1.29, 1.82) is 0 Å². The van der Waals surface area contributed by atoms with E-state index < -0.39 is 29.9 Å². The molecule has 94 valence electrons. The second kappa shape index (κ2) is 4.88. The summed E-state index contributed by atoms with van der Waals surface area (Å²) >= 11 is 3.05. The molecule has 0 radical (unpaired) electrons. The largest absolute Gasteiger partial charge is 0.484 e. The molecule has 0 saturated heterocycles. The van der Waals surface area contributed by atoms with Crippen LogP contribution in [-0.2, 0) is 4.74 Å². The van der Waals surface area contributed by atoms with Gasteiger partial charge in [-0.3, -0.25) is 0 Å². The lowest BCUT2D eigenvalue weighted by molar-refractivity contribution is -0.149. The van der Waals surface area contributed by atoms with E-state index in [2.05, 4.69) is 15.9 Å². The van der Waals surface area contributed by atoms with Gasteiger partial charge in [0.15, 0.2) is 11.6 Å². The molecule has 3 atom stereocenters. The van der Waals surface area contributed by atoms with E-state index in [0.717, 1.165) is 6.07 Å². The zero-order chi connectivity index (χ0) is 12.6. The molecule has 0 amide bonds. The molecule has 0 aromatic heterocycles. The van der Waals surface area contributed by atoms with Crippen molar-refractivity contribution < 1.29 is 23.4 Å².